The molecule has 0 amide bonds. The van der Waals surface area contributed by atoms with Gasteiger partial charge in [-0.2, -0.15) is 0 Å². The summed E-state index contributed by atoms with van der Waals surface area (Å²) in [6.45, 7) is 0. The summed E-state index contributed by atoms with van der Waals surface area (Å²) in [4.78, 5) is 22.5. The quantitative estimate of drug-likeness (QED) is 0.691. The maximum Gasteiger partial charge on any atom is 0.383 e. The summed E-state index contributed by atoms with van der Waals surface area (Å²) in [5.41, 5.74) is -0.341. The maximum atomic E-state index is 11.7. The van der Waals surface area contributed by atoms with Crippen LogP contribution in [-0.4, -0.2) is 22.2 Å². The van der Waals surface area contributed by atoms with Crippen LogP contribution >= 0.6 is 15.9 Å². The Morgan fingerprint density at radius 2 is 2.06 bits per heavy atom. The van der Waals surface area contributed by atoms with Crippen LogP contribution < -0.4 is 4.74 Å². The van der Waals surface area contributed by atoms with Crippen LogP contribution in [0, 0.1) is 0 Å². The van der Waals surface area contributed by atoms with Gasteiger partial charge in [-0.1, -0.05) is 17.3 Å². The van der Waals surface area contributed by atoms with Gasteiger partial charge >= 0.3 is 11.9 Å². The molecule has 0 bridgehead atoms. The fraction of sp³-hybridized carbons (Fsp3) is 0. The number of rotatable bonds is 3. The molecule has 0 saturated carbocycles. The third kappa shape index (κ3) is 2.40. The van der Waals surface area contributed by atoms with Crippen molar-refractivity contribution in [3.63, 3.8) is 0 Å². The molecule has 7 heteroatoms. The van der Waals surface area contributed by atoms with E-state index >= 15 is 0 Å². The summed E-state index contributed by atoms with van der Waals surface area (Å²) in [7, 11) is 0. The van der Waals surface area contributed by atoms with Crippen molar-refractivity contribution in [3.8, 4) is 5.75 Å². The average molecular weight is 312 g/mol. The van der Waals surface area contributed by atoms with Gasteiger partial charge in [-0.05, 0) is 28.1 Å². The number of carboxylic acid groups (broad SMARTS) is 1. The van der Waals surface area contributed by atoms with E-state index in [0.29, 0.717) is 4.47 Å². The van der Waals surface area contributed by atoms with Crippen LogP contribution in [0.1, 0.15) is 20.9 Å². The number of aromatic nitrogens is 1. The number of carbonyl (C=O) groups excluding carboxylic acids is 1. The zero-order valence-corrected chi connectivity index (χ0v) is 10.4. The van der Waals surface area contributed by atoms with Gasteiger partial charge in [0.15, 0.2) is 0 Å². The second-order valence-corrected chi connectivity index (χ2v) is 4.05. The third-order valence-electron chi connectivity index (χ3n) is 2.03. The Hall–Kier alpha value is -2.15. The predicted molar refractivity (Wildman–Crippen MR) is 62.6 cm³/mol. The molecule has 0 spiro atoms. The van der Waals surface area contributed by atoms with Crippen LogP contribution in [-0.2, 0) is 0 Å². The first-order chi connectivity index (χ1) is 8.59. The van der Waals surface area contributed by atoms with Gasteiger partial charge in [-0.15, -0.1) is 0 Å². The molecule has 18 heavy (non-hydrogen) atoms. The Morgan fingerprint density at radius 1 is 1.33 bits per heavy atom. The lowest BCUT2D eigenvalue weighted by Crippen LogP contribution is -2.12. The smallest absolute Gasteiger partial charge is 0.383 e. The van der Waals surface area contributed by atoms with E-state index in [0.717, 1.165) is 6.20 Å². The average Bonchev–Trinajstić information content (AvgIpc) is 2.81. The molecule has 1 heterocycles. The first kappa shape index (κ1) is 12.3. The minimum absolute atomic E-state index is 0.259. The molecule has 1 aromatic heterocycles. The normalized spacial score (nSPS) is 10.1. The van der Waals surface area contributed by atoms with Crippen molar-refractivity contribution >= 4 is 27.9 Å². The minimum atomic E-state index is -1.31. The highest BCUT2D eigenvalue weighted by molar-refractivity contribution is 9.10. The van der Waals surface area contributed by atoms with E-state index in [-0.39, 0.29) is 11.3 Å². The van der Waals surface area contributed by atoms with Gasteiger partial charge < -0.3 is 14.4 Å². The van der Waals surface area contributed by atoms with E-state index in [2.05, 4.69) is 25.6 Å². The summed E-state index contributed by atoms with van der Waals surface area (Å²) in [6.07, 6.45) is 0.943. The van der Waals surface area contributed by atoms with Crippen molar-refractivity contribution in [1.82, 2.24) is 5.16 Å². The Balaban J connectivity index is 2.25. The fourth-order valence-corrected chi connectivity index (χ4v) is 1.58. The summed E-state index contributed by atoms with van der Waals surface area (Å²) >= 11 is 3.20. The Morgan fingerprint density at radius 3 is 2.72 bits per heavy atom. The summed E-state index contributed by atoms with van der Waals surface area (Å²) in [5.74, 6) is -2.42. The van der Waals surface area contributed by atoms with Crippen LogP contribution in [0.5, 0.6) is 5.75 Å². The molecule has 6 nitrogen and oxygen atoms in total. The third-order valence-corrected chi connectivity index (χ3v) is 2.68. The number of ether oxygens (including phenoxy) is 1. The lowest BCUT2D eigenvalue weighted by atomic mass is 10.2. The second-order valence-electron chi connectivity index (χ2n) is 3.19. The van der Waals surface area contributed by atoms with Crippen LogP contribution in [0.4, 0.5) is 0 Å². The van der Waals surface area contributed by atoms with Gasteiger partial charge in [0.2, 0.25) is 0 Å². The molecule has 0 saturated heterocycles. The van der Waals surface area contributed by atoms with Crippen molar-refractivity contribution in [2.45, 2.75) is 0 Å². The van der Waals surface area contributed by atoms with E-state index in [9.17, 15) is 9.59 Å². The molecule has 1 N–H and O–H groups in total. The number of hydrogen-bond donors (Lipinski definition) is 1. The number of esters is 1. The first-order valence-electron chi connectivity index (χ1n) is 4.74. The number of aromatic carboxylic acids is 1. The Labute approximate surface area is 109 Å². The van der Waals surface area contributed by atoms with Crippen LogP contribution in [0.3, 0.4) is 0 Å². The maximum absolute atomic E-state index is 11.7. The van der Waals surface area contributed by atoms with E-state index in [1.54, 1.807) is 24.3 Å². The van der Waals surface area contributed by atoms with Gasteiger partial charge in [0.05, 0.1) is 10.7 Å². The summed E-state index contributed by atoms with van der Waals surface area (Å²) in [6, 6.07) is 6.66. The van der Waals surface area contributed by atoms with E-state index in [1.807, 2.05) is 0 Å². The second kappa shape index (κ2) is 5.01. The van der Waals surface area contributed by atoms with E-state index in [1.165, 1.54) is 0 Å². The molecule has 0 unspecified atom stereocenters. The van der Waals surface area contributed by atoms with Gasteiger partial charge in [0, 0.05) is 0 Å². The molecule has 0 atom stereocenters. The molecule has 0 fully saturated rings. The molecule has 2 rings (SSSR count). The summed E-state index contributed by atoms with van der Waals surface area (Å²) < 4.78 is 10.1. The number of carboxylic acids is 1. The molecule has 0 aliphatic heterocycles. The molecule has 92 valence electrons. The molecule has 1 aromatic carbocycles. The first-order valence-corrected chi connectivity index (χ1v) is 5.53. The predicted octanol–water partition coefficient (Wildman–Crippen LogP) is 2.35. The van der Waals surface area contributed by atoms with E-state index in [4.69, 9.17) is 9.84 Å². The van der Waals surface area contributed by atoms with Crippen LogP contribution in [0.25, 0.3) is 0 Å². The highest BCUT2D eigenvalue weighted by atomic mass is 79.9. The molecule has 0 radical (unpaired) electrons. The SMILES string of the molecule is O=C(O)c1cnoc1C(=O)Oc1ccccc1Br. The van der Waals surface area contributed by atoms with Crippen molar-refractivity contribution in [3.05, 3.63) is 46.3 Å². The van der Waals surface area contributed by atoms with Gasteiger partial charge in [0.1, 0.15) is 11.3 Å². The standard InChI is InChI=1S/C11H6BrNO5/c12-7-3-1-2-4-8(7)17-11(16)9-6(10(14)15)5-13-18-9/h1-5H,(H,14,15). The molecular formula is C11H6BrNO5. The number of para-hydroxylation sites is 1. The zero-order valence-electron chi connectivity index (χ0n) is 8.79. The van der Waals surface area contributed by atoms with Crippen molar-refractivity contribution in [2.24, 2.45) is 0 Å². The van der Waals surface area contributed by atoms with Gasteiger partial charge in [0.25, 0.3) is 5.76 Å². The molecule has 2 aromatic rings. The monoisotopic (exact) mass is 311 g/mol. The Bertz CT molecular complexity index is 607. The van der Waals surface area contributed by atoms with Crippen molar-refractivity contribution in [1.29, 1.82) is 0 Å². The van der Waals surface area contributed by atoms with Gasteiger partial charge in [-0.3, -0.25) is 0 Å². The highest BCUT2D eigenvalue weighted by Crippen LogP contribution is 2.25. The molecular weight excluding hydrogens is 306 g/mol. The number of hydrogen-bond acceptors (Lipinski definition) is 5. The van der Waals surface area contributed by atoms with Crippen molar-refractivity contribution < 1.29 is 24.0 Å². The lowest BCUT2D eigenvalue weighted by Gasteiger charge is -2.03. The fourth-order valence-electron chi connectivity index (χ4n) is 1.21. The molecule has 0 aliphatic rings. The van der Waals surface area contributed by atoms with Gasteiger partial charge in [-0.25, -0.2) is 9.59 Å². The van der Waals surface area contributed by atoms with Crippen molar-refractivity contribution in [2.75, 3.05) is 0 Å². The number of benzene rings is 1. The zero-order chi connectivity index (χ0) is 13.1. The largest absolute Gasteiger partial charge is 0.477 e. The van der Waals surface area contributed by atoms with Crippen LogP contribution in [0.2, 0.25) is 0 Å². The number of carbonyl (C=O) groups is 2. The lowest BCUT2D eigenvalue weighted by molar-refractivity contribution is 0.0643. The minimum Gasteiger partial charge on any atom is -0.477 e. The topological polar surface area (TPSA) is 89.6 Å². The number of nitrogens with zero attached hydrogens (tertiary/aromatic N) is 1. The number of halogens is 1. The summed E-state index contributed by atoms with van der Waals surface area (Å²) in [5, 5.41) is 12.1. The highest BCUT2D eigenvalue weighted by Gasteiger charge is 2.24. The van der Waals surface area contributed by atoms with E-state index < -0.39 is 17.7 Å². The molecule has 0 aliphatic carbocycles. The van der Waals surface area contributed by atoms with Crippen LogP contribution in [0.15, 0.2) is 39.5 Å². The Kier molecular flexibility index (Phi) is 3.42.